The summed E-state index contributed by atoms with van der Waals surface area (Å²) < 4.78 is 7.08. The largest absolute Gasteiger partial charge is 0.467 e. The molecule has 2 unspecified atom stereocenters. The minimum Gasteiger partial charge on any atom is -0.467 e. The van der Waals surface area contributed by atoms with Crippen LogP contribution in [0.25, 0.3) is 20.4 Å². The summed E-state index contributed by atoms with van der Waals surface area (Å²) in [5.41, 5.74) is 3.47. The molecule has 2 atom stereocenters. The lowest BCUT2D eigenvalue weighted by Crippen LogP contribution is -2.29. The van der Waals surface area contributed by atoms with E-state index in [0.717, 1.165) is 25.4 Å². The van der Waals surface area contributed by atoms with Gasteiger partial charge in [0.05, 0.1) is 51.1 Å². The number of aromatic nitrogens is 6. The van der Waals surface area contributed by atoms with Crippen LogP contribution in [0.5, 0.6) is 6.01 Å². The van der Waals surface area contributed by atoms with E-state index in [4.69, 9.17) is 16.3 Å². The maximum atomic E-state index is 12.1. The Bertz CT molecular complexity index is 2300. The zero-order valence-corrected chi connectivity index (χ0v) is 29.3. The first-order chi connectivity index (χ1) is 24.9. The van der Waals surface area contributed by atoms with Crippen molar-refractivity contribution in [3.05, 3.63) is 129 Å². The number of methoxy groups -OCH3 is 1. The van der Waals surface area contributed by atoms with Crippen LogP contribution in [0.3, 0.4) is 0 Å². The Morgan fingerprint density at radius 3 is 1.90 bits per heavy atom. The van der Waals surface area contributed by atoms with Gasteiger partial charge in [-0.25, -0.2) is 24.9 Å². The number of rotatable bonds is 10. The number of nitriles is 2. The highest BCUT2D eigenvalue weighted by atomic mass is 35.5. The molecule has 3 aromatic carbocycles. The summed E-state index contributed by atoms with van der Waals surface area (Å²) >= 11 is 8.82. The molecule has 0 aliphatic heterocycles. The van der Waals surface area contributed by atoms with Crippen molar-refractivity contribution < 1.29 is 9.53 Å². The van der Waals surface area contributed by atoms with Crippen LogP contribution in [0.2, 0.25) is 5.02 Å². The first-order valence-corrected chi connectivity index (χ1v) is 17.4. The molecule has 4 aromatic heterocycles. The van der Waals surface area contributed by atoms with E-state index in [1.807, 2.05) is 48.5 Å². The van der Waals surface area contributed by atoms with Gasteiger partial charge < -0.3 is 15.4 Å². The minimum absolute atomic E-state index is 0.187. The Morgan fingerprint density at radius 1 is 0.765 bits per heavy atom. The third-order valence-corrected chi connectivity index (χ3v) is 9.73. The van der Waals surface area contributed by atoms with E-state index in [1.54, 1.807) is 48.8 Å². The molecule has 0 aliphatic carbocycles. The Kier molecular flexibility index (Phi) is 11.3. The first-order valence-electron chi connectivity index (χ1n) is 15.4. The third-order valence-electron chi connectivity index (χ3n) is 7.28. The summed E-state index contributed by atoms with van der Waals surface area (Å²) in [4.78, 5) is 38.1. The first kappa shape index (κ1) is 34.8. The molecule has 0 bridgehead atoms. The molecule has 252 valence electrons. The molecule has 4 heterocycles. The number of nitrogens with one attached hydrogen (secondary N) is 2. The second-order valence-corrected chi connectivity index (χ2v) is 13.2. The van der Waals surface area contributed by atoms with Crippen LogP contribution in [0.15, 0.2) is 97.3 Å². The fraction of sp³-hybridized carbons (Fsp3) is 0.139. The van der Waals surface area contributed by atoms with Crippen molar-refractivity contribution in [2.45, 2.75) is 11.8 Å². The molecule has 12 nitrogen and oxygen atoms in total. The molecule has 0 radical (unpaired) electrons. The minimum atomic E-state index is -0.578. The molecule has 15 heteroatoms. The van der Waals surface area contributed by atoms with E-state index < -0.39 is 11.8 Å². The van der Waals surface area contributed by atoms with Gasteiger partial charge in [0.2, 0.25) is 5.95 Å². The Balaban J connectivity index is 0.000000193. The smallest absolute Gasteiger partial charge is 0.316 e. The van der Waals surface area contributed by atoms with Gasteiger partial charge in [0.1, 0.15) is 21.9 Å². The van der Waals surface area contributed by atoms with Crippen molar-refractivity contribution in [1.82, 2.24) is 35.2 Å². The van der Waals surface area contributed by atoms with E-state index in [2.05, 4.69) is 52.7 Å². The van der Waals surface area contributed by atoms with Crippen molar-refractivity contribution in [1.29, 1.82) is 10.5 Å². The van der Waals surface area contributed by atoms with Crippen molar-refractivity contribution in [3.63, 3.8) is 0 Å². The summed E-state index contributed by atoms with van der Waals surface area (Å²) in [6.45, 7) is 0.815. The van der Waals surface area contributed by atoms with Crippen LogP contribution in [-0.4, -0.2) is 56.0 Å². The average molecular weight is 731 g/mol. The van der Waals surface area contributed by atoms with Gasteiger partial charge >= 0.3 is 6.01 Å². The number of anilines is 1. The molecular formula is C36H27ClN10O2S2. The van der Waals surface area contributed by atoms with E-state index >= 15 is 0 Å². The van der Waals surface area contributed by atoms with E-state index in [-0.39, 0.29) is 11.9 Å². The number of nitrogens with zero attached hydrogens (tertiary/aromatic N) is 8. The average Bonchev–Trinajstić information content (AvgIpc) is 3.79. The number of carbonyl (C=O) groups excluding carboxylic acids is 1. The predicted molar refractivity (Wildman–Crippen MR) is 197 cm³/mol. The SMILES string of the molecule is COc1nccc(C(C#N)c2nc3ccccc3s2)n1.N#CC(c1ccnc(NCCNC(=O)c2ccc(Cl)cc2)n1)c1nc2ccccc2s1. The van der Waals surface area contributed by atoms with Gasteiger partial charge in [-0.3, -0.25) is 4.79 Å². The highest BCUT2D eigenvalue weighted by molar-refractivity contribution is 7.19. The normalized spacial score (nSPS) is 11.8. The van der Waals surface area contributed by atoms with Crippen LogP contribution in [-0.2, 0) is 0 Å². The second-order valence-electron chi connectivity index (χ2n) is 10.6. The van der Waals surface area contributed by atoms with Crippen molar-refractivity contribution in [2.75, 3.05) is 25.5 Å². The Morgan fingerprint density at radius 2 is 1.33 bits per heavy atom. The van der Waals surface area contributed by atoms with Gasteiger partial charge in [-0.05, 0) is 60.7 Å². The molecule has 7 rings (SSSR count). The maximum absolute atomic E-state index is 12.1. The van der Waals surface area contributed by atoms with Gasteiger partial charge in [0.25, 0.3) is 5.91 Å². The highest BCUT2D eigenvalue weighted by Crippen LogP contribution is 2.32. The van der Waals surface area contributed by atoms with Crippen LogP contribution in [0.1, 0.15) is 43.6 Å². The summed E-state index contributed by atoms with van der Waals surface area (Å²) in [5.74, 6) is -0.886. The number of hydrogen-bond acceptors (Lipinski definition) is 13. The molecule has 0 aliphatic rings. The molecule has 2 N–H and O–H groups in total. The number of para-hydroxylation sites is 2. The molecule has 0 saturated carbocycles. The lowest BCUT2D eigenvalue weighted by molar-refractivity contribution is 0.0955. The maximum Gasteiger partial charge on any atom is 0.316 e. The predicted octanol–water partition coefficient (Wildman–Crippen LogP) is 6.99. The summed E-state index contributed by atoms with van der Waals surface area (Å²) in [7, 11) is 1.50. The molecular weight excluding hydrogens is 704 g/mol. The molecule has 0 saturated heterocycles. The van der Waals surface area contributed by atoms with E-state index in [0.29, 0.717) is 46.0 Å². The quantitative estimate of drug-likeness (QED) is 0.139. The van der Waals surface area contributed by atoms with Gasteiger partial charge in [-0.1, -0.05) is 35.9 Å². The fourth-order valence-electron chi connectivity index (χ4n) is 4.81. The Labute approximate surface area is 305 Å². The summed E-state index contributed by atoms with van der Waals surface area (Å²) in [5, 5.41) is 27.1. The van der Waals surface area contributed by atoms with Crippen LogP contribution >= 0.6 is 34.3 Å². The summed E-state index contributed by atoms with van der Waals surface area (Å²) in [6.07, 6.45) is 3.19. The van der Waals surface area contributed by atoms with Crippen LogP contribution in [0.4, 0.5) is 5.95 Å². The Hall–Kier alpha value is -6.06. The molecule has 51 heavy (non-hydrogen) atoms. The van der Waals surface area contributed by atoms with Crippen molar-refractivity contribution in [2.24, 2.45) is 0 Å². The lowest BCUT2D eigenvalue weighted by atomic mass is 10.1. The number of thiazole rings is 2. The molecule has 0 spiro atoms. The number of fused-ring (bicyclic) bond motifs is 2. The molecule has 7 aromatic rings. The molecule has 1 amide bonds. The van der Waals surface area contributed by atoms with E-state index in [1.165, 1.54) is 29.8 Å². The van der Waals surface area contributed by atoms with E-state index in [9.17, 15) is 15.3 Å². The van der Waals surface area contributed by atoms with Gasteiger partial charge in [-0.15, -0.1) is 22.7 Å². The lowest BCUT2D eigenvalue weighted by Gasteiger charge is -2.09. The zero-order valence-electron chi connectivity index (χ0n) is 26.9. The number of amides is 1. The topological polar surface area (TPSA) is 175 Å². The number of hydrogen-bond donors (Lipinski definition) is 2. The zero-order chi connectivity index (χ0) is 35.6. The van der Waals surface area contributed by atoms with Crippen molar-refractivity contribution in [3.8, 4) is 18.1 Å². The fourth-order valence-corrected chi connectivity index (χ4v) is 6.99. The number of benzene rings is 3. The number of ether oxygens (including phenoxy) is 1. The third kappa shape index (κ3) is 8.57. The van der Waals surface area contributed by atoms with Crippen LogP contribution in [0, 0.1) is 22.7 Å². The number of carbonyl (C=O) groups is 1. The van der Waals surface area contributed by atoms with Gasteiger partial charge in [-0.2, -0.15) is 15.5 Å². The van der Waals surface area contributed by atoms with Crippen LogP contribution < -0.4 is 15.4 Å². The monoisotopic (exact) mass is 730 g/mol. The second kappa shape index (κ2) is 16.6. The number of halogens is 1. The standard InChI is InChI=1S/C22H17ClN6OS.C14H10N4OS/c23-15-7-5-14(6-8-15)20(30)25-11-12-27-22-26-10-9-17(29-22)16(13-24)21-28-18-3-1-2-4-19(18)31-21;1-19-14-16-7-6-10(18-14)9(8-15)13-17-11-4-2-3-5-12(11)20-13/h1-10,16H,11-12H2,(H,25,30)(H,26,27,29);2-7,9H,1H3. The van der Waals surface area contributed by atoms with Gasteiger partial charge in [0, 0.05) is 36.1 Å². The van der Waals surface area contributed by atoms with Crippen molar-refractivity contribution >= 4 is 66.6 Å². The molecule has 0 fully saturated rings. The highest BCUT2D eigenvalue weighted by Gasteiger charge is 2.21. The van der Waals surface area contributed by atoms with Gasteiger partial charge in [0.15, 0.2) is 0 Å². The summed E-state index contributed by atoms with van der Waals surface area (Å²) in [6, 6.07) is 30.5.